The number of hydrogen-bond acceptors (Lipinski definition) is 5. The van der Waals surface area contributed by atoms with Crippen LogP contribution in [0.4, 0.5) is 0 Å². The lowest BCUT2D eigenvalue weighted by atomic mass is 9.94. The number of carbonyl (C=O) groups is 2. The molecule has 1 aliphatic heterocycles. The number of phenolic OH excluding ortho intramolecular Hbond substituents is 1. The van der Waals surface area contributed by atoms with Crippen LogP contribution < -0.4 is 5.32 Å². The average Bonchev–Trinajstić information content (AvgIpc) is 3.04. The van der Waals surface area contributed by atoms with E-state index in [-0.39, 0.29) is 11.3 Å². The van der Waals surface area contributed by atoms with E-state index in [2.05, 4.69) is 32.2 Å². The Morgan fingerprint density at radius 2 is 1.75 bits per heavy atom. The molecule has 1 aromatic rings. The van der Waals surface area contributed by atoms with Crippen LogP contribution in [0.15, 0.2) is 71.6 Å². The number of ketones is 1. The van der Waals surface area contributed by atoms with Gasteiger partial charge in [-0.25, -0.2) is 0 Å². The smallest absolute Gasteiger partial charge is 0.259 e. The third-order valence-corrected chi connectivity index (χ3v) is 5.59. The van der Waals surface area contributed by atoms with Gasteiger partial charge in [0, 0.05) is 0 Å². The minimum atomic E-state index is -1.30. The second kappa shape index (κ2) is 11.5. The molecular weight excluding hydrogens is 406 g/mol. The molecule has 0 bridgehead atoms. The largest absolute Gasteiger partial charge is 0.508 e. The van der Waals surface area contributed by atoms with Crippen molar-refractivity contribution in [3.05, 3.63) is 77.1 Å². The molecule has 6 heteroatoms. The number of aliphatic hydroxyl groups excluding tert-OH is 2. The maximum atomic E-state index is 12.6. The molecule has 0 saturated carbocycles. The van der Waals surface area contributed by atoms with Gasteiger partial charge in [-0.3, -0.25) is 9.59 Å². The molecule has 1 aromatic carbocycles. The lowest BCUT2D eigenvalue weighted by molar-refractivity contribution is -0.118. The predicted molar refractivity (Wildman–Crippen MR) is 125 cm³/mol. The number of amides is 1. The molecule has 1 saturated heterocycles. The van der Waals surface area contributed by atoms with Gasteiger partial charge in [0.1, 0.15) is 29.2 Å². The Labute approximate surface area is 189 Å². The van der Waals surface area contributed by atoms with Gasteiger partial charge in [-0.2, -0.15) is 0 Å². The van der Waals surface area contributed by atoms with E-state index in [4.69, 9.17) is 0 Å². The molecule has 1 heterocycles. The van der Waals surface area contributed by atoms with Crippen LogP contribution in [0.1, 0.15) is 52.2 Å². The standard InChI is InChI=1S/C26H33NO5/c1-5-16(2)14-18(4)15-17(3)8-6-7-9-21(29)22-25(31)23(27-26(22)32)24(30)19-10-12-20(28)13-11-19/h6-13,15-16,18,23-24,28-30H,5,14H2,1-4H3,(H,27,32)/b8-6+,9-7+,17-15+,22-21+/t16-,18-,23?,24?/m1/s1. The quantitative estimate of drug-likeness (QED) is 0.197. The van der Waals surface area contributed by atoms with Crippen molar-refractivity contribution in [2.75, 3.05) is 0 Å². The van der Waals surface area contributed by atoms with Crippen molar-refractivity contribution in [2.24, 2.45) is 11.8 Å². The van der Waals surface area contributed by atoms with E-state index in [9.17, 15) is 24.9 Å². The van der Waals surface area contributed by atoms with Gasteiger partial charge in [-0.05, 0) is 49.0 Å². The minimum absolute atomic E-state index is 0.0224. The summed E-state index contributed by atoms with van der Waals surface area (Å²) in [6.45, 7) is 8.61. The summed E-state index contributed by atoms with van der Waals surface area (Å²) in [5.41, 5.74) is 1.07. The van der Waals surface area contributed by atoms with Gasteiger partial charge in [0.25, 0.3) is 5.91 Å². The lowest BCUT2D eigenvalue weighted by Gasteiger charge is -2.16. The van der Waals surface area contributed by atoms with Gasteiger partial charge >= 0.3 is 0 Å². The van der Waals surface area contributed by atoms with E-state index in [1.165, 1.54) is 30.3 Å². The summed E-state index contributed by atoms with van der Waals surface area (Å²) in [5, 5.41) is 32.5. The Morgan fingerprint density at radius 1 is 1.12 bits per heavy atom. The molecule has 0 spiro atoms. The second-order valence-corrected chi connectivity index (χ2v) is 8.47. The molecule has 0 radical (unpaired) electrons. The molecule has 1 fully saturated rings. The van der Waals surface area contributed by atoms with Gasteiger partial charge < -0.3 is 20.6 Å². The van der Waals surface area contributed by atoms with E-state index >= 15 is 0 Å². The first-order valence-electron chi connectivity index (χ1n) is 10.9. The van der Waals surface area contributed by atoms with Crippen LogP contribution in [0, 0.1) is 11.8 Å². The summed E-state index contributed by atoms with van der Waals surface area (Å²) in [6, 6.07) is 4.48. The number of carbonyl (C=O) groups excluding carboxylic acids is 2. The maximum Gasteiger partial charge on any atom is 0.259 e. The van der Waals surface area contributed by atoms with E-state index in [1.54, 1.807) is 12.2 Å². The van der Waals surface area contributed by atoms with Crippen molar-refractivity contribution in [3.63, 3.8) is 0 Å². The Hall–Kier alpha value is -3.12. The highest BCUT2D eigenvalue weighted by atomic mass is 16.3. The monoisotopic (exact) mass is 439 g/mol. The van der Waals surface area contributed by atoms with Crippen molar-refractivity contribution >= 4 is 11.7 Å². The van der Waals surface area contributed by atoms with Crippen LogP contribution in [-0.4, -0.2) is 33.1 Å². The molecule has 6 nitrogen and oxygen atoms in total. The van der Waals surface area contributed by atoms with Crippen LogP contribution in [0.5, 0.6) is 5.75 Å². The summed E-state index contributed by atoms with van der Waals surface area (Å²) in [6.07, 6.45) is 9.65. The highest BCUT2D eigenvalue weighted by molar-refractivity contribution is 6.27. The zero-order valence-corrected chi connectivity index (χ0v) is 19.1. The Balaban J connectivity index is 2.06. The van der Waals surface area contributed by atoms with Crippen molar-refractivity contribution in [2.45, 2.75) is 52.7 Å². The van der Waals surface area contributed by atoms with Crippen LogP contribution in [0.25, 0.3) is 0 Å². The zero-order chi connectivity index (χ0) is 23.8. The number of aliphatic hydroxyl groups is 2. The molecule has 172 valence electrons. The predicted octanol–water partition coefficient (Wildman–Crippen LogP) is 4.44. The molecule has 1 amide bonds. The fourth-order valence-corrected chi connectivity index (χ4v) is 3.69. The van der Waals surface area contributed by atoms with Gasteiger partial charge in [0.05, 0.1) is 0 Å². The molecule has 4 atom stereocenters. The number of aromatic hydroxyl groups is 1. The molecule has 2 unspecified atom stereocenters. The van der Waals surface area contributed by atoms with Crippen LogP contribution >= 0.6 is 0 Å². The SMILES string of the molecule is CC[C@@H](C)C[C@@H](C)/C=C(C)/C=C/C=C/C(O)=C1\C(=O)NC(C(O)c2ccc(O)cc2)C1=O. The Bertz CT molecular complexity index is 939. The summed E-state index contributed by atoms with van der Waals surface area (Å²) in [4.78, 5) is 24.9. The summed E-state index contributed by atoms with van der Waals surface area (Å²) in [7, 11) is 0. The van der Waals surface area contributed by atoms with E-state index in [1.807, 2.05) is 13.0 Å². The van der Waals surface area contributed by atoms with Crippen LogP contribution in [0.2, 0.25) is 0 Å². The summed E-state index contributed by atoms with van der Waals surface area (Å²) in [5.74, 6) is -0.715. The van der Waals surface area contributed by atoms with E-state index in [0.29, 0.717) is 17.4 Å². The van der Waals surface area contributed by atoms with E-state index in [0.717, 1.165) is 18.4 Å². The number of Topliss-reactive ketones (excluding diaryl/α,β-unsaturated/α-hetero) is 1. The second-order valence-electron chi connectivity index (χ2n) is 8.47. The van der Waals surface area contributed by atoms with Crippen molar-refractivity contribution in [1.29, 1.82) is 0 Å². The molecule has 1 aliphatic rings. The Kier molecular flexibility index (Phi) is 9.02. The number of benzene rings is 1. The maximum absolute atomic E-state index is 12.6. The van der Waals surface area contributed by atoms with Gasteiger partial charge in [-0.15, -0.1) is 0 Å². The lowest BCUT2D eigenvalue weighted by Crippen LogP contribution is -2.35. The highest BCUT2D eigenvalue weighted by Gasteiger charge is 2.42. The fourth-order valence-electron chi connectivity index (χ4n) is 3.69. The molecule has 4 N–H and O–H groups in total. The third kappa shape index (κ3) is 6.69. The first-order chi connectivity index (χ1) is 15.1. The van der Waals surface area contributed by atoms with Crippen LogP contribution in [-0.2, 0) is 9.59 Å². The van der Waals surface area contributed by atoms with Crippen molar-refractivity contribution in [1.82, 2.24) is 5.32 Å². The van der Waals surface area contributed by atoms with E-state index < -0.39 is 29.6 Å². The molecular formula is C26H33NO5. The Morgan fingerprint density at radius 3 is 2.38 bits per heavy atom. The molecule has 0 aromatic heterocycles. The summed E-state index contributed by atoms with van der Waals surface area (Å²) < 4.78 is 0. The number of allylic oxidation sites excluding steroid dienone is 6. The van der Waals surface area contributed by atoms with Gasteiger partial charge in [0.15, 0.2) is 5.78 Å². The van der Waals surface area contributed by atoms with Gasteiger partial charge in [0.2, 0.25) is 0 Å². The van der Waals surface area contributed by atoms with Gasteiger partial charge in [-0.1, -0.05) is 69.2 Å². The first-order valence-corrected chi connectivity index (χ1v) is 10.9. The topological polar surface area (TPSA) is 107 Å². The van der Waals surface area contributed by atoms with Crippen molar-refractivity contribution < 1.29 is 24.9 Å². The normalized spacial score (nSPS) is 21.8. The summed E-state index contributed by atoms with van der Waals surface area (Å²) >= 11 is 0. The number of hydrogen-bond donors (Lipinski definition) is 4. The highest BCUT2D eigenvalue weighted by Crippen LogP contribution is 2.26. The minimum Gasteiger partial charge on any atom is -0.508 e. The third-order valence-electron chi connectivity index (χ3n) is 5.59. The number of rotatable bonds is 9. The average molecular weight is 440 g/mol. The fraction of sp³-hybridized carbons (Fsp3) is 0.385. The number of nitrogens with one attached hydrogen (secondary N) is 1. The number of phenols is 1. The zero-order valence-electron chi connectivity index (χ0n) is 19.1. The molecule has 0 aliphatic carbocycles. The molecule has 32 heavy (non-hydrogen) atoms. The first kappa shape index (κ1) is 25.1. The van der Waals surface area contributed by atoms with Crippen molar-refractivity contribution in [3.8, 4) is 5.75 Å². The van der Waals surface area contributed by atoms with Crippen LogP contribution in [0.3, 0.4) is 0 Å². The molecule has 2 rings (SSSR count).